The Morgan fingerprint density at radius 1 is 1.29 bits per heavy atom. The van der Waals surface area contributed by atoms with Crippen molar-refractivity contribution in [2.45, 2.75) is 45.3 Å². The van der Waals surface area contributed by atoms with Crippen LogP contribution >= 0.6 is 0 Å². The van der Waals surface area contributed by atoms with E-state index in [-0.39, 0.29) is 17.6 Å². The van der Waals surface area contributed by atoms with Crippen LogP contribution in [0.3, 0.4) is 0 Å². The quantitative estimate of drug-likeness (QED) is 0.459. The Balaban J connectivity index is 1.49. The van der Waals surface area contributed by atoms with Gasteiger partial charge >= 0.3 is 0 Å². The number of aromatic nitrogens is 6. The number of piperidine rings is 1. The summed E-state index contributed by atoms with van der Waals surface area (Å²) >= 11 is 0. The maximum Gasteiger partial charge on any atom is 0.223 e. The summed E-state index contributed by atoms with van der Waals surface area (Å²) < 4.78 is 22.8. The van der Waals surface area contributed by atoms with E-state index in [2.05, 4.69) is 27.0 Å². The molecule has 10 nitrogen and oxygen atoms in total. The van der Waals surface area contributed by atoms with Crippen LogP contribution in [0.15, 0.2) is 24.5 Å². The van der Waals surface area contributed by atoms with Gasteiger partial charge in [-0.3, -0.25) is 4.68 Å². The summed E-state index contributed by atoms with van der Waals surface area (Å²) in [4.78, 5) is 11.4. The van der Waals surface area contributed by atoms with Gasteiger partial charge in [0.2, 0.25) is 5.95 Å². The van der Waals surface area contributed by atoms with Crippen molar-refractivity contribution in [3.05, 3.63) is 36.2 Å². The van der Waals surface area contributed by atoms with Gasteiger partial charge in [0.25, 0.3) is 0 Å². The fraction of sp³-hybridized carbons (Fsp3) is 0.478. The van der Waals surface area contributed by atoms with Gasteiger partial charge in [0.1, 0.15) is 0 Å². The van der Waals surface area contributed by atoms with Crippen LogP contribution in [0.2, 0.25) is 0 Å². The molecule has 4 heterocycles. The van der Waals surface area contributed by atoms with Crippen molar-refractivity contribution in [1.82, 2.24) is 29.4 Å². The molecule has 3 aromatic heterocycles. The topological polar surface area (TPSA) is 120 Å². The van der Waals surface area contributed by atoms with Crippen molar-refractivity contribution in [1.29, 1.82) is 0 Å². The number of anilines is 2. The van der Waals surface area contributed by atoms with E-state index in [1.54, 1.807) is 18.5 Å². The lowest BCUT2D eigenvalue weighted by Gasteiger charge is -2.36. The van der Waals surface area contributed by atoms with Gasteiger partial charge in [-0.2, -0.15) is 9.61 Å². The van der Waals surface area contributed by atoms with E-state index in [1.807, 2.05) is 12.4 Å². The van der Waals surface area contributed by atoms with Gasteiger partial charge in [-0.25, -0.2) is 14.4 Å². The number of methoxy groups -OCH3 is 1. The summed E-state index contributed by atoms with van der Waals surface area (Å²) in [6.45, 7) is 7.71. The minimum Gasteiger partial charge on any atom is -0.494 e. The maximum absolute atomic E-state index is 14.4. The molecule has 1 aliphatic rings. The second-order valence-corrected chi connectivity index (χ2v) is 9.71. The third-order valence-corrected chi connectivity index (χ3v) is 6.41. The van der Waals surface area contributed by atoms with Crippen LogP contribution in [0.25, 0.3) is 16.6 Å². The van der Waals surface area contributed by atoms with Crippen LogP contribution in [0, 0.1) is 11.7 Å². The predicted molar refractivity (Wildman–Crippen MR) is 126 cm³/mol. The molecule has 3 N–H and O–H groups in total. The highest BCUT2D eigenvalue weighted by Gasteiger charge is 2.32. The minimum atomic E-state index is -0.844. The maximum atomic E-state index is 14.4. The van der Waals surface area contributed by atoms with E-state index in [9.17, 15) is 9.50 Å². The summed E-state index contributed by atoms with van der Waals surface area (Å²) in [5.74, 6) is 0.834. The van der Waals surface area contributed by atoms with Gasteiger partial charge in [0.05, 0.1) is 36.7 Å². The first-order valence-electron chi connectivity index (χ1n) is 11.3. The molecule has 1 fully saturated rings. The van der Waals surface area contributed by atoms with E-state index < -0.39 is 11.4 Å². The molecule has 1 aromatic carbocycles. The van der Waals surface area contributed by atoms with E-state index >= 15 is 0 Å². The first kappa shape index (κ1) is 22.3. The molecule has 1 saturated heterocycles. The second kappa shape index (κ2) is 8.08. The monoisotopic (exact) mass is 468 g/mol. The highest BCUT2D eigenvalue weighted by Crippen LogP contribution is 2.34. The zero-order valence-electron chi connectivity index (χ0n) is 19.7. The standard InChI is InChI=1S/C23H29FN8O2/c1-13-5-6-30(14-9-26-31(10-14)12-23(2,3)33)11-16(13)20-28-21-15-7-17(24)19(34-4)8-18(15)27-22(25)32(21)29-20/h7-10,13,16,33H,5-6,11-12H2,1-4H3,(H2,25,27)/t13-,16+/m0/s1. The summed E-state index contributed by atoms with van der Waals surface area (Å²) in [5.41, 5.74) is 7.29. The Labute approximate surface area is 196 Å². The molecule has 0 spiro atoms. The van der Waals surface area contributed by atoms with E-state index in [1.165, 1.54) is 23.8 Å². The summed E-state index contributed by atoms with van der Waals surface area (Å²) in [6.07, 6.45) is 4.73. The first-order chi connectivity index (χ1) is 16.1. The van der Waals surface area contributed by atoms with Gasteiger partial charge in [-0.1, -0.05) is 6.92 Å². The first-order valence-corrected chi connectivity index (χ1v) is 11.3. The zero-order chi connectivity index (χ0) is 24.2. The molecule has 11 heteroatoms. The highest BCUT2D eigenvalue weighted by molar-refractivity contribution is 5.93. The van der Waals surface area contributed by atoms with E-state index in [0.717, 1.165) is 18.7 Å². The number of nitrogen functional groups attached to an aromatic ring is 1. The molecule has 0 bridgehead atoms. The molecule has 0 amide bonds. The van der Waals surface area contributed by atoms with Crippen LogP contribution in [-0.2, 0) is 6.54 Å². The molecule has 0 radical (unpaired) electrons. The second-order valence-electron chi connectivity index (χ2n) is 9.71. The third kappa shape index (κ3) is 4.00. The molecule has 4 aromatic rings. The molecule has 180 valence electrons. The van der Waals surface area contributed by atoms with E-state index in [0.29, 0.717) is 41.4 Å². The van der Waals surface area contributed by atoms with Gasteiger partial charge in [-0.05, 0) is 32.3 Å². The number of fused-ring (bicyclic) bond motifs is 3. The van der Waals surface area contributed by atoms with Crippen molar-refractivity contribution in [3.8, 4) is 5.75 Å². The number of benzene rings is 1. The Morgan fingerprint density at radius 2 is 2.09 bits per heavy atom. The van der Waals surface area contributed by atoms with Crippen LogP contribution in [0.4, 0.5) is 16.0 Å². The number of hydrogen-bond donors (Lipinski definition) is 2. The van der Waals surface area contributed by atoms with Gasteiger partial charge in [0.15, 0.2) is 23.0 Å². The van der Waals surface area contributed by atoms with Crippen molar-refractivity contribution < 1.29 is 14.2 Å². The average Bonchev–Trinajstić information content (AvgIpc) is 3.41. The Hall–Kier alpha value is -3.47. The molecule has 5 rings (SSSR count). The van der Waals surface area contributed by atoms with Gasteiger partial charge in [0, 0.05) is 36.7 Å². The molecule has 2 atom stereocenters. The fourth-order valence-electron chi connectivity index (χ4n) is 4.60. The van der Waals surface area contributed by atoms with Gasteiger partial charge < -0.3 is 20.5 Å². The number of nitrogens with two attached hydrogens (primary N) is 1. The Kier molecular flexibility index (Phi) is 5.31. The Morgan fingerprint density at radius 3 is 2.82 bits per heavy atom. The van der Waals surface area contributed by atoms with Crippen LogP contribution < -0.4 is 15.4 Å². The van der Waals surface area contributed by atoms with Crippen molar-refractivity contribution in [2.24, 2.45) is 5.92 Å². The molecular weight excluding hydrogens is 439 g/mol. The van der Waals surface area contributed by atoms with Crippen molar-refractivity contribution in [3.63, 3.8) is 0 Å². The molecule has 34 heavy (non-hydrogen) atoms. The number of ether oxygens (including phenoxy) is 1. The summed E-state index contributed by atoms with van der Waals surface area (Å²) in [6, 6.07) is 2.88. The zero-order valence-corrected chi connectivity index (χ0v) is 19.7. The van der Waals surface area contributed by atoms with Crippen molar-refractivity contribution >= 4 is 28.2 Å². The van der Waals surface area contributed by atoms with Crippen LogP contribution in [0.5, 0.6) is 5.75 Å². The number of nitrogens with zero attached hydrogens (tertiary/aromatic N) is 7. The molecule has 1 aliphatic heterocycles. The van der Waals surface area contributed by atoms with E-state index in [4.69, 9.17) is 15.5 Å². The summed E-state index contributed by atoms with van der Waals surface area (Å²) in [5, 5.41) is 19.7. The van der Waals surface area contributed by atoms with Gasteiger partial charge in [-0.15, -0.1) is 5.10 Å². The lowest BCUT2D eigenvalue weighted by atomic mass is 9.86. The third-order valence-electron chi connectivity index (χ3n) is 6.41. The number of aliphatic hydroxyl groups is 1. The largest absolute Gasteiger partial charge is 0.494 e. The Bertz CT molecular complexity index is 1360. The lowest BCUT2D eigenvalue weighted by molar-refractivity contribution is 0.0577. The molecule has 0 saturated carbocycles. The normalized spacial score (nSPS) is 19.3. The lowest BCUT2D eigenvalue weighted by Crippen LogP contribution is -2.38. The highest BCUT2D eigenvalue weighted by atomic mass is 19.1. The smallest absolute Gasteiger partial charge is 0.223 e. The van der Waals surface area contributed by atoms with Crippen LogP contribution in [-0.4, -0.2) is 60.3 Å². The van der Waals surface area contributed by atoms with Crippen LogP contribution in [0.1, 0.15) is 38.9 Å². The van der Waals surface area contributed by atoms with Crippen molar-refractivity contribution in [2.75, 3.05) is 30.8 Å². The number of rotatable bonds is 5. The minimum absolute atomic E-state index is 0.0452. The molecule has 0 unspecified atom stereocenters. The molecular formula is C23H29FN8O2. The average molecular weight is 469 g/mol. The number of hydrogen-bond acceptors (Lipinski definition) is 8. The number of halogens is 1. The SMILES string of the molecule is COc1cc2nc(N)n3nc([C@@H]4CN(c5cnn(CC(C)(C)O)c5)CC[C@@H]4C)nc3c2cc1F. The summed E-state index contributed by atoms with van der Waals surface area (Å²) in [7, 11) is 1.41. The fourth-order valence-corrected chi connectivity index (χ4v) is 4.60. The predicted octanol–water partition coefficient (Wildman–Crippen LogP) is 2.60. The molecule has 0 aliphatic carbocycles.